The Morgan fingerprint density at radius 3 is 2.62 bits per heavy atom. The van der Waals surface area contributed by atoms with Crippen molar-refractivity contribution < 1.29 is 14.3 Å². The molecule has 5 atom stereocenters. The number of carbonyl (C=O) groups is 1. The summed E-state index contributed by atoms with van der Waals surface area (Å²) in [6.45, 7) is 6.21. The van der Waals surface area contributed by atoms with Gasteiger partial charge >= 0.3 is 5.97 Å². The SMILES string of the molecule is CCCCC1CC(C2OC2C)[C@H](C)C(=O)O1. The summed E-state index contributed by atoms with van der Waals surface area (Å²) in [7, 11) is 0. The van der Waals surface area contributed by atoms with Crippen molar-refractivity contribution in [1.29, 1.82) is 0 Å². The highest BCUT2D eigenvalue weighted by Crippen LogP contribution is 2.40. The van der Waals surface area contributed by atoms with Crippen molar-refractivity contribution in [2.75, 3.05) is 0 Å². The van der Waals surface area contributed by atoms with Gasteiger partial charge in [-0.1, -0.05) is 26.7 Å². The predicted octanol–water partition coefficient (Wildman–Crippen LogP) is 2.53. The molecule has 0 aromatic heterocycles. The van der Waals surface area contributed by atoms with Gasteiger partial charge in [-0.15, -0.1) is 0 Å². The second-order valence-corrected chi connectivity index (χ2v) is 5.20. The van der Waals surface area contributed by atoms with Crippen molar-refractivity contribution in [1.82, 2.24) is 0 Å². The van der Waals surface area contributed by atoms with E-state index in [1.165, 1.54) is 0 Å². The molecule has 0 N–H and O–H groups in total. The molecule has 0 saturated carbocycles. The van der Waals surface area contributed by atoms with E-state index >= 15 is 0 Å². The molecule has 2 saturated heterocycles. The van der Waals surface area contributed by atoms with E-state index in [4.69, 9.17) is 9.47 Å². The summed E-state index contributed by atoms with van der Waals surface area (Å²) in [6, 6.07) is 0. The number of epoxide rings is 1. The van der Waals surface area contributed by atoms with Gasteiger partial charge in [0.1, 0.15) is 6.10 Å². The number of hydrogen-bond acceptors (Lipinski definition) is 3. The number of carbonyl (C=O) groups excluding carboxylic acids is 1. The van der Waals surface area contributed by atoms with E-state index in [-0.39, 0.29) is 18.0 Å². The lowest BCUT2D eigenvalue weighted by molar-refractivity contribution is -0.165. The Morgan fingerprint density at radius 2 is 2.06 bits per heavy atom. The van der Waals surface area contributed by atoms with Crippen LogP contribution in [0, 0.1) is 11.8 Å². The van der Waals surface area contributed by atoms with Crippen LogP contribution in [0.3, 0.4) is 0 Å². The minimum absolute atomic E-state index is 0.00725. The fraction of sp³-hybridized carbons (Fsp3) is 0.923. The van der Waals surface area contributed by atoms with Crippen molar-refractivity contribution in [3.63, 3.8) is 0 Å². The zero-order chi connectivity index (χ0) is 11.7. The minimum Gasteiger partial charge on any atom is -0.462 e. The fourth-order valence-electron chi connectivity index (χ4n) is 2.68. The maximum absolute atomic E-state index is 11.7. The number of cyclic esters (lactones) is 1. The smallest absolute Gasteiger partial charge is 0.309 e. The van der Waals surface area contributed by atoms with Crippen LogP contribution >= 0.6 is 0 Å². The molecule has 16 heavy (non-hydrogen) atoms. The van der Waals surface area contributed by atoms with E-state index < -0.39 is 0 Å². The molecule has 0 amide bonds. The van der Waals surface area contributed by atoms with E-state index in [0.717, 1.165) is 25.7 Å². The van der Waals surface area contributed by atoms with Gasteiger partial charge in [-0.2, -0.15) is 0 Å². The maximum atomic E-state index is 11.7. The van der Waals surface area contributed by atoms with Crippen LogP contribution in [0.2, 0.25) is 0 Å². The summed E-state index contributed by atoms with van der Waals surface area (Å²) in [6.07, 6.45) is 5.06. The van der Waals surface area contributed by atoms with Crippen LogP contribution in [0.25, 0.3) is 0 Å². The van der Waals surface area contributed by atoms with Gasteiger partial charge in [-0.3, -0.25) is 4.79 Å². The second kappa shape index (κ2) is 4.74. The van der Waals surface area contributed by atoms with Crippen molar-refractivity contribution in [2.45, 2.75) is 64.8 Å². The summed E-state index contributed by atoms with van der Waals surface area (Å²) in [5.74, 6) is 0.353. The number of ether oxygens (including phenoxy) is 2. The largest absolute Gasteiger partial charge is 0.462 e. The summed E-state index contributed by atoms with van der Waals surface area (Å²) < 4.78 is 11.0. The molecule has 2 aliphatic heterocycles. The Bertz CT molecular complexity index is 264. The van der Waals surface area contributed by atoms with Gasteiger partial charge < -0.3 is 9.47 Å². The van der Waals surface area contributed by atoms with E-state index in [1.54, 1.807) is 0 Å². The van der Waals surface area contributed by atoms with Crippen molar-refractivity contribution >= 4 is 5.97 Å². The molecule has 3 heteroatoms. The zero-order valence-corrected chi connectivity index (χ0v) is 10.4. The molecule has 2 aliphatic rings. The quantitative estimate of drug-likeness (QED) is 0.546. The van der Waals surface area contributed by atoms with Gasteiger partial charge in [-0.05, 0) is 19.8 Å². The number of esters is 1. The van der Waals surface area contributed by atoms with Crippen molar-refractivity contribution in [3.8, 4) is 0 Å². The molecule has 92 valence electrons. The average Bonchev–Trinajstić information content (AvgIpc) is 2.97. The van der Waals surface area contributed by atoms with E-state index in [9.17, 15) is 4.79 Å². The number of unbranched alkanes of at least 4 members (excludes halogenated alkanes) is 1. The first-order chi connectivity index (χ1) is 7.63. The van der Waals surface area contributed by atoms with Crippen LogP contribution < -0.4 is 0 Å². The van der Waals surface area contributed by atoms with Crippen LogP contribution in [0.5, 0.6) is 0 Å². The molecule has 0 spiro atoms. The molecule has 0 aromatic rings. The molecule has 0 aliphatic carbocycles. The van der Waals surface area contributed by atoms with Gasteiger partial charge in [0.05, 0.1) is 18.1 Å². The molecule has 2 heterocycles. The van der Waals surface area contributed by atoms with Crippen LogP contribution in [0.1, 0.15) is 46.5 Å². The first-order valence-corrected chi connectivity index (χ1v) is 6.49. The molecule has 0 radical (unpaired) electrons. The average molecular weight is 226 g/mol. The summed E-state index contributed by atoms with van der Waals surface area (Å²) >= 11 is 0. The van der Waals surface area contributed by atoms with Crippen LogP contribution in [0.4, 0.5) is 0 Å². The van der Waals surface area contributed by atoms with Crippen molar-refractivity contribution in [2.24, 2.45) is 11.8 Å². The zero-order valence-electron chi connectivity index (χ0n) is 10.4. The van der Waals surface area contributed by atoms with Crippen LogP contribution in [-0.2, 0) is 14.3 Å². The fourth-order valence-corrected chi connectivity index (χ4v) is 2.68. The molecule has 0 aromatic carbocycles. The second-order valence-electron chi connectivity index (χ2n) is 5.20. The standard InChI is InChI=1S/C13H22O3/c1-4-5-6-10-7-11(12-9(3)15-12)8(2)13(14)16-10/h8-12H,4-7H2,1-3H3/t8-,9?,10?,11?,12?/m0/s1. The first-order valence-electron chi connectivity index (χ1n) is 6.49. The molecule has 2 fully saturated rings. The Morgan fingerprint density at radius 1 is 1.38 bits per heavy atom. The highest BCUT2D eigenvalue weighted by Gasteiger charge is 2.49. The minimum atomic E-state index is -0.0277. The lowest BCUT2D eigenvalue weighted by Crippen LogP contribution is -2.39. The van der Waals surface area contributed by atoms with Gasteiger partial charge in [-0.25, -0.2) is 0 Å². The Labute approximate surface area is 97.5 Å². The summed E-state index contributed by atoms with van der Waals surface area (Å²) in [5.41, 5.74) is 0. The predicted molar refractivity (Wildman–Crippen MR) is 61.0 cm³/mol. The molecule has 0 bridgehead atoms. The third-order valence-corrected chi connectivity index (χ3v) is 3.89. The van der Waals surface area contributed by atoms with Gasteiger partial charge in [0.25, 0.3) is 0 Å². The maximum Gasteiger partial charge on any atom is 0.309 e. The third kappa shape index (κ3) is 2.40. The highest BCUT2D eigenvalue weighted by atomic mass is 16.6. The van der Waals surface area contributed by atoms with Crippen LogP contribution in [-0.4, -0.2) is 24.3 Å². The number of rotatable bonds is 4. The highest BCUT2D eigenvalue weighted by molar-refractivity contribution is 5.73. The molecule has 3 nitrogen and oxygen atoms in total. The topological polar surface area (TPSA) is 38.8 Å². The molecule has 2 rings (SSSR count). The summed E-state index contributed by atoms with van der Waals surface area (Å²) in [5, 5.41) is 0. The van der Waals surface area contributed by atoms with E-state index in [0.29, 0.717) is 18.1 Å². The molecular formula is C13H22O3. The van der Waals surface area contributed by atoms with Crippen molar-refractivity contribution in [3.05, 3.63) is 0 Å². The summed E-state index contributed by atoms with van der Waals surface area (Å²) in [4.78, 5) is 11.7. The van der Waals surface area contributed by atoms with E-state index in [2.05, 4.69) is 13.8 Å². The Hall–Kier alpha value is -0.570. The van der Waals surface area contributed by atoms with E-state index in [1.807, 2.05) is 6.92 Å². The van der Waals surface area contributed by atoms with Gasteiger partial charge in [0, 0.05) is 5.92 Å². The molecular weight excluding hydrogens is 204 g/mol. The van der Waals surface area contributed by atoms with Gasteiger partial charge in [0.2, 0.25) is 0 Å². The lowest BCUT2D eigenvalue weighted by atomic mass is 9.82. The number of hydrogen-bond donors (Lipinski definition) is 0. The third-order valence-electron chi connectivity index (χ3n) is 3.89. The monoisotopic (exact) mass is 226 g/mol. The Balaban J connectivity index is 1.93. The lowest BCUT2D eigenvalue weighted by Gasteiger charge is -2.32. The normalized spacial score (nSPS) is 42.9. The Kier molecular flexibility index (Phi) is 3.53. The van der Waals surface area contributed by atoms with Crippen LogP contribution in [0.15, 0.2) is 0 Å². The molecule has 4 unspecified atom stereocenters. The first kappa shape index (κ1) is 11.9. The van der Waals surface area contributed by atoms with Gasteiger partial charge in [0.15, 0.2) is 0 Å².